The fraction of sp³-hybridized carbons (Fsp3) is 0.529. The number of halogens is 3. The molecule has 1 aliphatic heterocycles. The largest absolute Gasteiger partial charge is 0.433 e. The maximum absolute atomic E-state index is 12.9. The van der Waals surface area contributed by atoms with Gasteiger partial charge >= 0.3 is 6.18 Å². The van der Waals surface area contributed by atoms with Gasteiger partial charge in [0, 0.05) is 37.4 Å². The highest BCUT2D eigenvalue weighted by Crippen LogP contribution is 2.36. The predicted molar refractivity (Wildman–Crippen MR) is 89.8 cm³/mol. The molecule has 1 saturated carbocycles. The first-order valence-electron chi connectivity index (χ1n) is 8.71. The highest BCUT2D eigenvalue weighted by Gasteiger charge is 2.37. The van der Waals surface area contributed by atoms with Crippen molar-refractivity contribution in [3.05, 3.63) is 36.7 Å². The van der Waals surface area contributed by atoms with Gasteiger partial charge in [0.2, 0.25) is 0 Å². The topological polar surface area (TPSA) is 58.0 Å². The fourth-order valence-electron chi connectivity index (χ4n) is 3.51. The van der Waals surface area contributed by atoms with Crippen LogP contribution in [0.1, 0.15) is 31.4 Å². The van der Waals surface area contributed by atoms with Gasteiger partial charge < -0.3 is 9.80 Å². The summed E-state index contributed by atoms with van der Waals surface area (Å²) >= 11 is 0. The van der Waals surface area contributed by atoms with Gasteiger partial charge in [-0.3, -0.25) is 0 Å². The molecule has 138 valence electrons. The standard InChI is InChI=1S/C17H19F3N6/c18-17(19,20)14-9-16(24-11-22-14)25-7-4-13(5-8-25)26(12-1-2-12)15-3-6-21-10-23-15/h3,6,9-13H,1-2,4-5,7-8H2. The summed E-state index contributed by atoms with van der Waals surface area (Å²) in [6.45, 7) is 1.32. The summed E-state index contributed by atoms with van der Waals surface area (Å²) in [6.07, 6.45) is 3.85. The number of piperidine rings is 1. The van der Waals surface area contributed by atoms with E-state index in [-0.39, 0.29) is 0 Å². The van der Waals surface area contributed by atoms with Gasteiger partial charge in [0.15, 0.2) is 0 Å². The van der Waals surface area contributed by atoms with Gasteiger partial charge in [-0.2, -0.15) is 13.2 Å². The molecule has 9 heteroatoms. The van der Waals surface area contributed by atoms with Crippen LogP contribution in [0.2, 0.25) is 0 Å². The maximum Gasteiger partial charge on any atom is 0.433 e. The van der Waals surface area contributed by atoms with Gasteiger partial charge in [0.25, 0.3) is 0 Å². The lowest BCUT2D eigenvalue weighted by Gasteiger charge is -2.39. The summed E-state index contributed by atoms with van der Waals surface area (Å²) in [4.78, 5) is 20.0. The quantitative estimate of drug-likeness (QED) is 0.831. The second kappa shape index (κ2) is 6.69. The van der Waals surface area contributed by atoms with Gasteiger partial charge in [0.1, 0.15) is 30.0 Å². The molecule has 2 aromatic rings. The molecule has 2 fully saturated rings. The first-order chi connectivity index (χ1) is 12.5. The van der Waals surface area contributed by atoms with E-state index in [1.165, 1.54) is 0 Å². The Morgan fingerprint density at radius 1 is 0.962 bits per heavy atom. The highest BCUT2D eigenvalue weighted by atomic mass is 19.4. The average molecular weight is 364 g/mol. The van der Waals surface area contributed by atoms with Crippen LogP contribution in [-0.2, 0) is 6.18 Å². The van der Waals surface area contributed by atoms with E-state index in [0.717, 1.165) is 43.9 Å². The van der Waals surface area contributed by atoms with Crippen molar-refractivity contribution in [3.63, 3.8) is 0 Å². The van der Waals surface area contributed by atoms with Crippen molar-refractivity contribution in [1.82, 2.24) is 19.9 Å². The molecule has 0 N–H and O–H groups in total. The number of nitrogens with zero attached hydrogens (tertiary/aromatic N) is 6. The van der Waals surface area contributed by atoms with Crippen molar-refractivity contribution < 1.29 is 13.2 Å². The minimum Gasteiger partial charge on any atom is -0.356 e. The normalized spacial score (nSPS) is 18.8. The molecule has 1 aliphatic carbocycles. The van der Waals surface area contributed by atoms with Gasteiger partial charge in [0.05, 0.1) is 0 Å². The summed E-state index contributed by atoms with van der Waals surface area (Å²) in [6, 6.07) is 3.80. The van der Waals surface area contributed by atoms with E-state index in [0.29, 0.717) is 31.0 Å². The van der Waals surface area contributed by atoms with Gasteiger partial charge in [-0.25, -0.2) is 19.9 Å². The van der Waals surface area contributed by atoms with E-state index in [4.69, 9.17) is 0 Å². The number of anilines is 2. The second-order valence-corrected chi connectivity index (χ2v) is 6.68. The van der Waals surface area contributed by atoms with Crippen LogP contribution in [-0.4, -0.2) is 45.1 Å². The summed E-state index contributed by atoms with van der Waals surface area (Å²) < 4.78 is 38.6. The van der Waals surface area contributed by atoms with Crippen molar-refractivity contribution in [1.29, 1.82) is 0 Å². The van der Waals surface area contributed by atoms with Crippen molar-refractivity contribution >= 4 is 11.6 Å². The van der Waals surface area contributed by atoms with Crippen LogP contribution in [0.15, 0.2) is 31.0 Å². The molecule has 4 rings (SSSR count). The van der Waals surface area contributed by atoms with Crippen molar-refractivity contribution in [2.24, 2.45) is 0 Å². The Labute approximate surface area is 149 Å². The van der Waals surface area contributed by atoms with Crippen molar-refractivity contribution in [3.8, 4) is 0 Å². The molecular weight excluding hydrogens is 345 g/mol. The van der Waals surface area contributed by atoms with Crippen molar-refractivity contribution in [2.45, 2.75) is 43.9 Å². The molecule has 2 aliphatic rings. The molecule has 1 saturated heterocycles. The number of rotatable bonds is 4. The summed E-state index contributed by atoms with van der Waals surface area (Å²) in [5.41, 5.74) is -0.898. The van der Waals surface area contributed by atoms with E-state index < -0.39 is 11.9 Å². The Bertz CT molecular complexity index is 742. The minimum atomic E-state index is -4.45. The monoisotopic (exact) mass is 364 g/mol. The van der Waals surface area contributed by atoms with E-state index in [2.05, 4.69) is 24.8 Å². The number of hydrogen-bond donors (Lipinski definition) is 0. The average Bonchev–Trinajstić information content (AvgIpc) is 3.48. The first-order valence-corrected chi connectivity index (χ1v) is 8.71. The molecule has 6 nitrogen and oxygen atoms in total. The molecule has 0 bridgehead atoms. The number of alkyl halides is 3. The molecular formula is C17H19F3N6. The van der Waals surface area contributed by atoms with Gasteiger partial charge in [-0.1, -0.05) is 0 Å². The van der Waals surface area contributed by atoms with Crippen LogP contribution in [0.25, 0.3) is 0 Å². The third-order valence-corrected chi connectivity index (χ3v) is 4.90. The first kappa shape index (κ1) is 17.0. The lowest BCUT2D eigenvalue weighted by Crippen LogP contribution is -2.46. The van der Waals surface area contributed by atoms with E-state index >= 15 is 0 Å². The fourth-order valence-corrected chi connectivity index (χ4v) is 3.51. The Balaban J connectivity index is 1.46. The van der Waals surface area contributed by atoms with Crippen LogP contribution in [0.3, 0.4) is 0 Å². The third-order valence-electron chi connectivity index (χ3n) is 4.90. The lowest BCUT2D eigenvalue weighted by atomic mass is 10.0. The SMILES string of the molecule is FC(F)(F)c1cc(N2CCC(N(c3ccncn3)C3CC3)CC2)ncn1. The molecule has 0 amide bonds. The number of hydrogen-bond acceptors (Lipinski definition) is 6. The van der Waals surface area contributed by atoms with E-state index in [1.807, 2.05) is 11.0 Å². The molecule has 0 atom stereocenters. The lowest BCUT2D eigenvalue weighted by molar-refractivity contribution is -0.141. The molecule has 0 radical (unpaired) electrons. The summed E-state index contributed by atoms with van der Waals surface area (Å²) in [7, 11) is 0. The molecule has 0 aromatic carbocycles. The smallest absolute Gasteiger partial charge is 0.356 e. The minimum absolute atomic E-state index is 0.331. The van der Waals surface area contributed by atoms with Crippen LogP contribution >= 0.6 is 0 Å². The van der Waals surface area contributed by atoms with Crippen LogP contribution < -0.4 is 9.80 Å². The van der Waals surface area contributed by atoms with Crippen molar-refractivity contribution in [2.75, 3.05) is 22.9 Å². The summed E-state index contributed by atoms with van der Waals surface area (Å²) in [5, 5.41) is 0. The molecule has 0 unspecified atom stereocenters. The predicted octanol–water partition coefficient (Wildman–Crippen LogP) is 2.92. The maximum atomic E-state index is 12.9. The number of aromatic nitrogens is 4. The summed E-state index contributed by atoms with van der Waals surface area (Å²) in [5.74, 6) is 1.27. The Hall–Kier alpha value is -2.45. The second-order valence-electron chi connectivity index (χ2n) is 6.68. The van der Waals surface area contributed by atoms with E-state index in [9.17, 15) is 13.2 Å². The third kappa shape index (κ3) is 3.56. The Morgan fingerprint density at radius 3 is 2.31 bits per heavy atom. The zero-order valence-corrected chi connectivity index (χ0v) is 14.1. The molecule has 2 aromatic heterocycles. The molecule has 26 heavy (non-hydrogen) atoms. The Kier molecular flexibility index (Phi) is 4.37. The van der Waals surface area contributed by atoms with Crippen LogP contribution in [0.4, 0.5) is 24.8 Å². The van der Waals surface area contributed by atoms with Crippen LogP contribution in [0.5, 0.6) is 0 Å². The van der Waals surface area contributed by atoms with Crippen LogP contribution in [0, 0.1) is 0 Å². The molecule has 0 spiro atoms. The van der Waals surface area contributed by atoms with Gasteiger partial charge in [-0.15, -0.1) is 0 Å². The van der Waals surface area contributed by atoms with E-state index in [1.54, 1.807) is 12.5 Å². The highest BCUT2D eigenvalue weighted by molar-refractivity contribution is 5.44. The molecule has 3 heterocycles. The zero-order valence-electron chi connectivity index (χ0n) is 14.1. The Morgan fingerprint density at radius 2 is 1.69 bits per heavy atom. The zero-order chi connectivity index (χ0) is 18.1. The van der Waals surface area contributed by atoms with Gasteiger partial charge in [-0.05, 0) is 31.7 Å².